The van der Waals surface area contributed by atoms with Crippen LogP contribution in [0.15, 0.2) is 83.8 Å². The molecular weight excluding hydrogens is 550 g/mol. The fourth-order valence-electron chi connectivity index (χ4n) is 4.25. The largest absolute Gasteiger partial charge is 0.497 e. The van der Waals surface area contributed by atoms with E-state index in [4.69, 9.17) is 16.3 Å². The number of carbonyl (C=O) groups excluding carboxylic acids is 2. The average molecular weight is 586 g/mol. The van der Waals surface area contributed by atoms with Gasteiger partial charge >= 0.3 is 0 Å². The van der Waals surface area contributed by atoms with Crippen LogP contribution in [0.5, 0.6) is 5.75 Å². The van der Waals surface area contributed by atoms with E-state index < -0.39 is 28.5 Å². The normalized spacial score (nSPS) is 11.9. The zero-order valence-corrected chi connectivity index (χ0v) is 24.6. The molecule has 3 rings (SSSR count). The van der Waals surface area contributed by atoms with E-state index in [-0.39, 0.29) is 23.0 Å². The standard InChI is InChI=1S/C30H36ClN3O5S/c1-4-6-19-32-30(36)28(5-2)33(21-23-13-10-11-18-27(23)31)29(35)22-34(24-14-12-15-25(20-24)39-3)40(37,38)26-16-8-7-9-17-26/h7-18,20,28H,4-6,19,21-22H2,1-3H3,(H,32,36)/t28-/m0/s1. The third kappa shape index (κ3) is 7.76. The van der Waals surface area contributed by atoms with Crippen LogP contribution in [0.2, 0.25) is 5.02 Å². The Bertz CT molecular complexity index is 1380. The van der Waals surface area contributed by atoms with Crippen LogP contribution in [0.4, 0.5) is 5.69 Å². The molecule has 0 bridgehead atoms. The van der Waals surface area contributed by atoms with Gasteiger partial charge in [-0.1, -0.05) is 74.3 Å². The number of benzene rings is 3. The third-order valence-electron chi connectivity index (χ3n) is 6.47. The number of unbranched alkanes of at least 4 members (excludes halogenated alkanes) is 1. The Kier molecular flexibility index (Phi) is 11.4. The second kappa shape index (κ2) is 14.7. The zero-order chi connectivity index (χ0) is 29.1. The van der Waals surface area contributed by atoms with E-state index in [1.165, 1.54) is 24.1 Å². The molecule has 0 fully saturated rings. The number of anilines is 1. The van der Waals surface area contributed by atoms with E-state index in [9.17, 15) is 18.0 Å². The Morgan fingerprint density at radius 3 is 2.33 bits per heavy atom. The minimum absolute atomic E-state index is 0.0348. The first-order chi connectivity index (χ1) is 19.2. The first kappa shape index (κ1) is 31.0. The van der Waals surface area contributed by atoms with Crippen LogP contribution >= 0.6 is 11.6 Å². The molecule has 0 saturated carbocycles. The van der Waals surface area contributed by atoms with Crippen molar-refractivity contribution in [3.63, 3.8) is 0 Å². The van der Waals surface area contributed by atoms with Crippen molar-refractivity contribution in [2.24, 2.45) is 0 Å². The summed E-state index contributed by atoms with van der Waals surface area (Å²) in [6.45, 7) is 3.83. The summed E-state index contributed by atoms with van der Waals surface area (Å²) < 4.78 is 34.1. The van der Waals surface area contributed by atoms with Gasteiger partial charge in [0.2, 0.25) is 11.8 Å². The SMILES string of the molecule is CCCCNC(=O)[C@H](CC)N(Cc1ccccc1Cl)C(=O)CN(c1cccc(OC)c1)S(=O)(=O)c1ccccc1. The number of carbonyl (C=O) groups is 2. The van der Waals surface area contributed by atoms with Crippen molar-refractivity contribution in [2.75, 3.05) is 24.5 Å². The number of ether oxygens (including phenoxy) is 1. The van der Waals surface area contributed by atoms with Crippen molar-refractivity contribution < 1.29 is 22.7 Å². The highest BCUT2D eigenvalue weighted by atomic mass is 35.5. The lowest BCUT2D eigenvalue weighted by Gasteiger charge is -2.33. The number of sulfonamides is 1. The Labute approximate surface area is 241 Å². The van der Waals surface area contributed by atoms with Crippen molar-refractivity contribution >= 4 is 39.1 Å². The van der Waals surface area contributed by atoms with Gasteiger partial charge in [0.05, 0.1) is 17.7 Å². The maximum absolute atomic E-state index is 14.1. The van der Waals surface area contributed by atoms with Gasteiger partial charge in [0.25, 0.3) is 10.0 Å². The van der Waals surface area contributed by atoms with Gasteiger partial charge in [-0.05, 0) is 48.7 Å². The van der Waals surface area contributed by atoms with Crippen LogP contribution in [-0.4, -0.2) is 51.4 Å². The second-order valence-electron chi connectivity index (χ2n) is 9.21. The Balaban J connectivity index is 2.05. The molecule has 10 heteroatoms. The van der Waals surface area contributed by atoms with Gasteiger partial charge in [0, 0.05) is 24.2 Å². The van der Waals surface area contributed by atoms with Crippen LogP contribution in [-0.2, 0) is 26.2 Å². The highest BCUT2D eigenvalue weighted by Gasteiger charge is 2.34. The predicted molar refractivity (Wildman–Crippen MR) is 158 cm³/mol. The first-order valence-corrected chi connectivity index (χ1v) is 15.1. The van der Waals surface area contributed by atoms with Gasteiger partial charge in [-0.25, -0.2) is 8.42 Å². The van der Waals surface area contributed by atoms with Crippen LogP contribution in [0.1, 0.15) is 38.7 Å². The molecule has 0 aromatic heterocycles. The molecule has 1 N–H and O–H groups in total. The maximum Gasteiger partial charge on any atom is 0.264 e. The van der Waals surface area contributed by atoms with Gasteiger partial charge < -0.3 is 15.0 Å². The number of amides is 2. The van der Waals surface area contributed by atoms with E-state index in [1.807, 2.05) is 13.8 Å². The van der Waals surface area contributed by atoms with Crippen molar-refractivity contribution in [1.29, 1.82) is 0 Å². The van der Waals surface area contributed by atoms with Crippen molar-refractivity contribution in [1.82, 2.24) is 10.2 Å². The number of nitrogens with one attached hydrogen (secondary N) is 1. The summed E-state index contributed by atoms with van der Waals surface area (Å²) in [5, 5.41) is 3.36. The summed E-state index contributed by atoms with van der Waals surface area (Å²) in [6.07, 6.45) is 2.05. The molecule has 3 aromatic rings. The maximum atomic E-state index is 14.1. The highest BCUT2D eigenvalue weighted by Crippen LogP contribution is 2.28. The molecule has 40 heavy (non-hydrogen) atoms. The Hall–Kier alpha value is -3.56. The van der Waals surface area contributed by atoms with E-state index >= 15 is 0 Å². The third-order valence-corrected chi connectivity index (χ3v) is 8.62. The number of hydrogen-bond acceptors (Lipinski definition) is 5. The van der Waals surface area contributed by atoms with Crippen LogP contribution in [0, 0.1) is 0 Å². The molecule has 2 amide bonds. The highest BCUT2D eigenvalue weighted by molar-refractivity contribution is 7.92. The number of methoxy groups -OCH3 is 1. The van der Waals surface area contributed by atoms with E-state index in [0.29, 0.717) is 29.3 Å². The molecule has 0 heterocycles. The summed E-state index contributed by atoms with van der Waals surface area (Å²) >= 11 is 6.43. The van der Waals surface area contributed by atoms with Crippen molar-refractivity contribution in [2.45, 2.75) is 50.6 Å². The lowest BCUT2D eigenvalue weighted by atomic mass is 10.1. The van der Waals surface area contributed by atoms with Gasteiger partial charge in [0.1, 0.15) is 18.3 Å². The molecule has 0 radical (unpaired) electrons. The molecule has 0 spiro atoms. The van der Waals surface area contributed by atoms with Gasteiger partial charge in [-0.15, -0.1) is 0 Å². The molecule has 214 valence electrons. The molecule has 0 aliphatic heterocycles. The quantitative estimate of drug-likeness (QED) is 0.260. The summed E-state index contributed by atoms with van der Waals surface area (Å²) in [7, 11) is -2.67. The number of hydrogen-bond donors (Lipinski definition) is 1. The van der Waals surface area contributed by atoms with Crippen LogP contribution < -0.4 is 14.4 Å². The zero-order valence-electron chi connectivity index (χ0n) is 23.0. The second-order valence-corrected chi connectivity index (χ2v) is 11.5. The Morgan fingerprint density at radius 1 is 0.975 bits per heavy atom. The minimum Gasteiger partial charge on any atom is -0.497 e. The van der Waals surface area contributed by atoms with E-state index in [2.05, 4.69) is 5.32 Å². The van der Waals surface area contributed by atoms with Gasteiger partial charge in [-0.2, -0.15) is 0 Å². The van der Waals surface area contributed by atoms with Crippen molar-refractivity contribution in [3.8, 4) is 5.75 Å². The van der Waals surface area contributed by atoms with E-state index in [1.54, 1.807) is 66.7 Å². The molecule has 0 aliphatic rings. The summed E-state index contributed by atoms with van der Waals surface area (Å²) in [6, 6.07) is 20.7. The van der Waals surface area contributed by atoms with Gasteiger partial charge in [-0.3, -0.25) is 13.9 Å². The lowest BCUT2D eigenvalue weighted by molar-refractivity contribution is -0.140. The fraction of sp³-hybridized carbons (Fsp3) is 0.333. The molecule has 0 unspecified atom stereocenters. The first-order valence-electron chi connectivity index (χ1n) is 13.2. The summed E-state index contributed by atoms with van der Waals surface area (Å²) in [5.74, 6) is -0.400. The number of rotatable bonds is 14. The van der Waals surface area contributed by atoms with Crippen LogP contribution in [0.3, 0.4) is 0 Å². The smallest absolute Gasteiger partial charge is 0.264 e. The fourth-order valence-corrected chi connectivity index (χ4v) is 5.87. The average Bonchev–Trinajstić information content (AvgIpc) is 2.97. The topological polar surface area (TPSA) is 96.0 Å². The molecule has 0 aliphatic carbocycles. The monoisotopic (exact) mass is 585 g/mol. The number of halogens is 1. The molecule has 3 aromatic carbocycles. The van der Waals surface area contributed by atoms with Crippen LogP contribution in [0.25, 0.3) is 0 Å². The summed E-state index contributed by atoms with van der Waals surface area (Å²) in [5.41, 5.74) is 0.908. The lowest BCUT2D eigenvalue weighted by Crippen LogP contribution is -2.52. The summed E-state index contributed by atoms with van der Waals surface area (Å²) in [4.78, 5) is 28.8. The van der Waals surface area contributed by atoms with Gasteiger partial charge in [0.15, 0.2) is 0 Å². The van der Waals surface area contributed by atoms with Crippen molar-refractivity contribution in [3.05, 3.63) is 89.4 Å². The Morgan fingerprint density at radius 2 is 1.68 bits per heavy atom. The number of nitrogens with zero attached hydrogens (tertiary/aromatic N) is 2. The molecule has 1 atom stereocenters. The van der Waals surface area contributed by atoms with E-state index in [0.717, 1.165) is 17.1 Å². The molecule has 8 nitrogen and oxygen atoms in total. The predicted octanol–water partition coefficient (Wildman–Crippen LogP) is 5.27. The molecule has 0 saturated heterocycles. The minimum atomic E-state index is -4.16. The molecular formula is C30H36ClN3O5S.